The average Bonchev–Trinajstić information content (AvgIpc) is 3.22. The van der Waals surface area contributed by atoms with Gasteiger partial charge in [-0.1, -0.05) is 71.2 Å². The summed E-state index contributed by atoms with van der Waals surface area (Å²) in [6.45, 7) is 4.29. The number of benzene rings is 3. The Hall–Kier alpha value is -3.07. The maximum absolute atomic E-state index is 16.0. The molecule has 5 rings (SSSR count). The third kappa shape index (κ3) is 6.34. The van der Waals surface area contributed by atoms with Crippen LogP contribution in [-0.4, -0.2) is 60.5 Å². The van der Waals surface area contributed by atoms with Gasteiger partial charge in [0.1, 0.15) is 11.6 Å². The Morgan fingerprint density at radius 3 is 2.38 bits per heavy atom. The molecule has 0 spiro atoms. The minimum Gasteiger partial charge on any atom is -0.351 e. The highest BCUT2D eigenvalue weighted by Gasteiger charge is 2.64. The number of hydrogen-bond acceptors (Lipinski definition) is 5. The summed E-state index contributed by atoms with van der Waals surface area (Å²) in [5.41, 5.74) is -0.0136. The molecule has 1 N–H and O–H groups in total. The highest BCUT2D eigenvalue weighted by Crippen LogP contribution is 2.56. The molecule has 0 aliphatic carbocycles. The number of carbonyl (C=O) groups is 1. The molecule has 1 amide bonds. The molecule has 2 fully saturated rings. The number of nitrogens with zero attached hydrogens (tertiary/aromatic N) is 3. The van der Waals surface area contributed by atoms with E-state index in [-0.39, 0.29) is 40.8 Å². The van der Waals surface area contributed by atoms with Crippen molar-refractivity contribution in [3.05, 3.63) is 105 Å². The quantitative estimate of drug-likeness (QED) is 0.324. The molecule has 3 aromatic rings. The van der Waals surface area contributed by atoms with Crippen molar-refractivity contribution in [1.29, 1.82) is 5.26 Å². The standard InChI is InChI=1S/C33H34Cl2F2N4O3S/c1-20-6-4-7-22(16-20)18-41-21(2)29(25-11-10-23(34)17-28(25)36)30(26-8-5-9-27(35)31(26)37)33(41,19-38)32(42)39-24-12-14-40(15-13-24)45(3,43)44/h4-11,16-17,21,24,29-30H,12-15,18H2,1-3H3,(H,39,42)/t21?,29-,30+,33-/m0/s1. The number of likely N-dealkylation sites (tertiary alicyclic amines) is 1. The fourth-order valence-corrected chi connectivity index (χ4v) is 8.20. The summed E-state index contributed by atoms with van der Waals surface area (Å²) >= 11 is 12.4. The van der Waals surface area contributed by atoms with Gasteiger partial charge < -0.3 is 5.32 Å². The SMILES string of the molecule is Cc1cccc(CN2C(C)[C@@H](c3ccc(Cl)cc3F)[C@@H](c3cccc(Cl)c3F)[C@@]2(C#N)C(=O)NC2CCN(S(C)(=O)=O)CC2)c1. The van der Waals surface area contributed by atoms with Gasteiger partial charge in [-0.05, 0) is 61.6 Å². The molecule has 1 unspecified atom stereocenters. The van der Waals surface area contributed by atoms with Gasteiger partial charge in [0.05, 0.1) is 17.3 Å². The van der Waals surface area contributed by atoms with Gasteiger partial charge in [-0.2, -0.15) is 5.26 Å². The molecular formula is C33H34Cl2F2N4O3S. The van der Waals surface area contributed by atoms with E-state index >= 15 is 8.78 Å². The fourth-order valence-electron chi connectivity index (χ4n) is 6.98. The molecule has 0 bridgehead atoms. The molecule has 45 heavy (non-hydrogen) atoms. The van der Waals surface area contributed by atoms with Crippen LogP contribution in [0.5, 0.6) is 0 Å². The van der Waals surface area contributed by atoms with Gasteiger partial charge in [-0.25, -0.2) is 21.5 Å². The molecule has 0 radical (unpaired) electrons. The van der Waals surface area contributed by atoms with Gasteiger partial charge in [-0.15, -0.1) is 0 Å². The van der Waals surface area contributed by atoms with E-state index in [4.69, 9.17) is 23.2 Å². The molecule has 2 aliphatic heterocycles. The third-order valence-electron chi connectivity index (χ3n) is 9.12. The van der Waals surface area contributed by atoms with E-state index in [9.17, 15) is 18.5 Å². The molecule has 7 nitrogen and oxygen atoms in total. The van der Waals surface area contributed by atoms with Crippen LogP contribution < -0.4 is 5.32 Å². The summed E-state index contributed by atoms with van der Waals surface area (Å²) in [6, 6.07) is 17.5. The van der Waals surface area contributed by atoms with Crippen LogP contribution in [0.3, 0.4) is 0 Å². The second-order valence-corrected chi connectivity index (χ2v) is 14.8. The van der Waals surface area contributed by atoms with Crippen molar-refractivity contribution >= 4 is 39.1 Å². The van der Waals surface area contributed by atoms with Crippen molar-refractivity contribution in [1.82, 2.24) is 14.5 Å². The minimum absolute atomic E-state index is 0.0176. The Labute approximate surface area is 272 Å². The van der Waals surface area contributed by atoms with Crippen molar-refractivity contribution in [2.45, 2.75) is 62.7 Å². The topological polar surface area (TPSA) is 93.5 Å². The number of aryl methyl sites for hydroxylation is 1. The molecule has 4 atom stereocenters. The predicted molar refractivity (Wildman–Crippen MR) is 170 cm³/mol. The maximum Gasteiger partial charge on any atom is 0.256 e. The first kappa shape index (κ1) is 33.3. The van der Waals surface area contributed by atoms with Gasteiger partial charge in [0.15, 0.2) is 5.54 Å². The van der Waals surface area contributed by atoms with E-state index in [0.29, 0.717) is 12.8 Å². The Kier molecular flexibility index (Phi) is 9.60. The molecule has 0 saturated carbocycles. The lowest BCUT2D eigenvalue weighted by Gasteiger charge is -2.39. The number of nitrogens with one attached hydrogen (secondary N) is 1. The van der Waals surface area contributed by atoms with Gasteiger partial charge in [0, 0.05) is 48.6 Å². The van der Waals surface area contributed by atoms with E-state index < -0.39 is 57.0 Å². The zero-order valence-electron chi connectivity index (χ0n) is 25.1. The summed E-state index contributed by atoms with van der Waals surface area (Å²) in [5.74, 6) is -4.14. The Bertz CT molecular complexity index is 1760. The normalized spacial score (nSPS) is 24.8. The number of hydrogen-bond donors (Lipinski definition) is 1. The van der Waals surface area contributed by atoms with Crippen molar-refractivity contribution < 1.29 is 22.0 Å². The highest BCUT2D eigenvalue weighted by atomic mass is 35.5. The monoisotopic (exact) mass is 674 g/mol. The van der Waals surface area contributed by atoms with Gasteiger partial charge >= 0.3 is 0 Å². The second kappa shape index (κ2) is 13.0. The smallest absolute Gasteiger partial charge is 0.256 e. The first-order valence-corrected chi connectivity index (χ1v) is 17.3. The second-order valence-electron chi connectivity index (χ2n) is 12.0. The van der Waals surface area contributed by atoms with Crippen LogP contribution in [-0.2, 0) is 21.4 Å². The molecule has 2 aliphatic rings. The Balaban J connectivity index is 1.68. The highest BCUT2D eigenvalue weighted by molar-refractivity contribution is 7.88. The largest absolute Gasteiger partial charge is 0.351 e. The first-order valence-electron chi connectivity index (χ1n) is 14.7. The number of amides is 1. The zero-order chi connectivity index (χ0) is 32.7. The minimum atomic E-state index is -3.40. The molecular weight excluding hydrogens is 641 g/mol. The van der Waals surface area contributed by atoms with Gasteiger partial charge in [0.2, 0.25) is 10.0 Å². The maximum atomic E-state index is 16.0. The number of rotatable bonds is 7. The van der Waals surface area contributed by atoms with Crippen LogP contribution in [0.4, 0.5) is 8.78 Å². The number of halogens is 4. The molecule has 238 valence electrons. The van der Waals surface area contributed by atoms with Gasteiger partial charge in [-0.3, -0.25) is 9.69 Å². The van der Waals surface area contributed by atoms with Crippen molar-refractivity contribution in [3.8, 4) is 6.07 Å². The van der Waals surface area contributed by atoms with Crippen LogP contribution in [0.15, 0.2) is 60.7 Å². The lowest BCUT2D eigenvalue weighted by molar-refractivity contribution is -0.131. The first-order chi connectivity index (χ1) is 21.3. The van der Waals surface area contributed by atoms with Crippen LogP contribution in [0.25, 0.3) is 0 Å². The number of piperidine rings is 1. The van der Waals surface area contributed by atoms with Crippen molar-refractivity contribution in [2.24, 2.45) is 0 Å². The van der Waals surface area contributed by atoms with E-state index in [1.807, 2.05) is 31.2 Å². The van der Waals surface area contributed by atoms with Crippen LogP contribution >= 0.6 is 23.2 Å². The lowest BCUT2D eigenvalue weighted by Crippen LogP contribution is -2.60. The summed E-state index contributed by atoms with van der Waals surface area (Å²) in [4.78, 5) is 16.4. The van der Waals surface area contributed by atoms with Crippen molar-refractivity contribution in [3.63, 3.8) is 0 Å². The third-order valence-corrected chi connectivity index (χ3v) is 11.0. The summed E-state index contributed by atoms with van der Waals surface area (Å²) < 4.78 is 57.3. The zero-order valence-corrected chi connectivity index (χ0v) is 27.4. The Morgan fingerprint density at radius 1 is 1.07 bits per heavy atom. The summed E-state index contributed by atoms with van der Waals surface area (Å²) in [6.07, 6.45) is 1.80. The average molecular weight is 676 g/mol. The van der Waals surface area contributed by atoms with E-state index in [1.54, 1.807) is 17.9 Å². The summed E-state index contributed by atoms with van der Waals surface area (Å²) in [7, 11) is -3.40. The van der Waals surface area contributed by atoms with Gasteiger partial charge in [0.25, 0.3) is 5.91 Å². The molecule has 2 heterocycles. The summed E-state index contributed by atoms with van der Waals surface area (Å²) in [5, 5.41) is 14.1. The lowest BCUT2D eigenvalue weighted by atomic mass is 9.71. The fraction of sp³-hybridized carbons (Fsp3) is 0.394. The van der Waals surface area contributed by atoms with Crippen molar-refractivity contribution in [2.75, 3.05) is 19.3 Å². The Morgan fingerprint density at radius 2 is 1.76 bits per heavy atom. The van der Waals surface area contributed by atoms with E-state index in [0.717, 1.165) is 17.4 Å². The number of sulfonamides is 1. The molecule has 0 aromatic heterocycles. The molecule has 3 aromatic carbocycles. The van der Waals surface area contributed by atoms with Crippen LogP contribution in [0, 0.1) is 29.9 Å². The number of nitriles is 1. The van der Waals surface area contributed by atoms with E-state index in [1.165, 1.54) is 34.6 Å². The molecule has 12 heteroatoms. The van der Waals surface area contributed by atoms with Crippen LogP contribution in [0.2, 0.25) is 10.0 Å². The van der Waals surface area contributed by atoms with Crippen LogP contribution in [0.1, 0.15) is 53.9 Å². The molecule has 2 saturated heterocycles. The number of carbonyl (C=O) groups excluding carboxylic acids is 1. The predicted octanol–water partition coefficient (Wildman–Crippen LogP) is 6.15. The van der Waals surface area contributed by atoms with E-state index in [2.05, 4.69) is 11.4 Å².